The van der Waals surface area contributed by atoms with Crippen molar-refractivity contribution in [3.8, 4) is 0 Å². The van der Waals surface area contributed by atoms with Gasteiger partial charge in [-0.15, -0.1) is 0 Å². The molecule has 15 heavy (non-hydrogen) atoms. The second kappa shape index (κ2) is 5.49. The van der Waals surface area contributed by atoms with Crippen LogP contribution in [0.3, 0.4) is 0 Å². The first kappa shape index (κ1) is 14.4. The van der Waals surface area contributed by atoms with Gasteiger partial charge in [0.2, 0.25) is 0 Å². The summed E-state index contributed by atoms with van der Waals surface area (Å²) in [5.41, 5.74) is -0.405. The minimum atomic E-state index is -0.426. The number of pyridine rings is 1. The van der Waals surface area contributed by atoms with Crippen LogP contribution in [0, 0.1) is 13.2 Å². The van der Waals surface area contributed by atoms with E-state index in [-0.39, 0.29) is 26.0 Å². The van der Waals surface area contributed by atoms with E-state index in [0.717, 1.165) is 0 Å². The number of aromatic nitrogens is 1. The van der Waals surface area contributed by atoms with E-state index in [9.17, 15) is 9.18 Å². The van der Waals surface area contributed by atoms with Gasteiger partial charge in [0.25, 0.3) is 0 Å². The molecule has 1 radical (unpaired) electrons. The van der Waals surface area contributed by atoms with Crippen molar-refractivity contribution in [3.05, 3.63) is 52.5 Å². The maximum Gasteiger partial charge on any atom is 2.00 e. The molecule has 0 fully saturated rings. The molecule has 0 saturated carbocycles. The van der Waals surface area contributed by atoms with Crippen LogP contribution in [0.1, 0.15) is 0 Å². The SMILES string of the molecule is O=c1[n-]cc(Br)c2ccc(F)cc12.[CH3-].[V+2]. The molecule has 0 saturated heterocycles. The second-order valence-corrected chi connectivity index (χ2v) is 3.46. The summed E-state index contributed by atoms with van der Waals surface area (Å²) in [5, 5.41) is 0.982. The van der Waals surface area contributed by atoms with Gasteiger partial charge in [0, 0.05) is 9.86 Å². The van der Waals surface area contributed by atoms with Gasteiger partial charge in [-0.3, -0.25) is 0 Å². The average molecular weight is 307 g/mol. The molecular weight excluding hydrogens is 300 g/mol. The summed E-state index contributed by atoms with van der Waals surface area (Å²) in [6.07, 6.45) is 1.42. The van der Waals surface area contributed by atoms with Crippen LogP contribution in [-0.4, -0.2) is 0 Å². The van der Waals surface area contributed by atoms with Crippen molar-refractivity contribution in [2.75, 3.05) is 0 Å². The minimum absolute atomic E-state index is 0. The van der Waals surface area contributed by atoms with Crippen LogP contribution in [0.2, 0.25) is 0 Å². The van der Waals surface area contributed by atoms with Crippen molar-refractivity contribution in [1.29, 1.82) is 0 Å². The molecule has 0 N–H and O–H groups in total. The quantitative estimate of drug-likeness (QED) is 0.700. The number of hydrogen-bond donors (Lipinski definition) is 0. The van der Waals surface area contributed by atoms with Crippen LogP contribution in [0.5, 0.6) is 0 Å². The summed E-state index contributed by atoms with van der Waals surface area (Å²) in [6, 6.07) is 4.06. The summed E-state index contributed by atoms with van der Waals surface area (Å²) in [5.74, 6) is -0.426. The fourth-order valence-electron chi connectivity index (χ4n) is 1.16. The van der Waals surface area contributed by atoms with Gasteiger partial charge in [0.1, 0.15) is 5.82 Å². The maximum atomic E-state index is 12.8. The number of halogens is 2. The Bertz CT molecular complexity index is 526. The molecule has 1 aromatic heterocycles. The van der Waals surface area contributed by atoms with Crippen molar-refractivity contribution in [3.63, 3.8) is 0 Å². The molecule has 0 unspecified atom stereocenters. The standard InChI is InChI=1S/C9H5BrFNO.CH3.V/c10-8-4-12-9(13)7-3-5(11)1-2-6(7)8;;/h1-4H,(H,12,13);1H3;/q;-1;+2/p-1. The molecular formula is C10H7BrFNOV. The average Bonchev–Trinajstić information content (AvgIpc) is 2.12. The Labute approximate surface area is 107 Å². The van der Waals surface area contributed by atoms with E-state index in [1.54, 1.807) is 6.07 Å². The van der Waals surface area contributed by atoms with E-state index in [2.05, 4.69) is 20.9 Å². The normalized spacial score (nSPS) is 9.20. The number of benzene rings is 1. The fraction of sp³-hybridized carbons (Fsp3) is 0. The predicted molar refractivity (Wildman–Crippen MR) is 57.6 cm³/mol. The molecule has 0 aliphatic heterocycles. The van der Waals surface area contributed by atoms with Gasteiger partial charge in [0.05, 0.1) is 5.56 Å². The third-order valence-electron chi connectivity index (χ3n) is 1.76. The molecule has 1 aromatic carbocycles. The molecule has 2 nitrogen and oxygen atoms in total. The molecule has 2 aromatic rings. The Hall–Kier alpha value is -0.576. The molecule has 1 heterocycles. The molecule has 0 atom stereocenters. The first-order chi connectivity index (χ1) is 6.18. The fourth-order valence-corrected chi connectivity index (χ4v) is 1.60. The molecule has 5 heteroatoms. The van der Waals surface area contributed by atoms with Crippen molar-refractivity contribution in [2.45, 2.75) is 0 Å². The molecule has 0 bridgehead atoms. The van der Waals surface area contributed by atoms with Gasteiger partial charge >= 0.3 is 18.6 Å². The number of nitrogens with zero attached hydrogens (tertiary/aromatic N) is 1. The molecule has 0 amide bonds. The van der Waals surface area contributed by atoms with Crippen molar-refractivity contribution >= 4 is 26.7 Å². The molecule has 0 spiro atoms. The van der Waals surface area contributed by atoms with Crippen molar-refractivity contribution in [2.24, 2.45) is 0 Å². The van der Waals surface area contributed by atoms with Gasteiger partial charge in [-0.2, -0.15) is 6.20 Å². The Balaban J connectivity index is 0.000000980. The summed E-state index contributed by atoms with van der Waals surface area (Å²) in [4.78, 5) is 14.8. The van der Waals surface area contributed by atoms with Gasteiger partial charge in [-0.1, -0.05) is 22.0 Å². The van der Waals surface area contributed by atoms with E-state index >= 15 is 0 Å². The smallest absolute Gasteiger partial charge is 0.628 e. The van der Waals surface area contributed by atoms with E-state index in [1.807, 2.05) is 0 Å². The monoisotopic (exact) mass is 306 g/mol. The molecule has 0 aliphatic rings. The number of rotatable bonds is 0. The Morgan fingerprint density at radius 3 is 2.60 bits per heavy atom. The largest absolute Gasteiger partial charge is 2.00 e. The minimum Gasteiger partial charge on any atom is -0.628 e. The van der Waals surface area contributed by atoms with Crippen LogP contribution in [-0.2, 0) is 18.6 Å². The summed E-state index contributed by atoms with van der Waals surface area (Å²) in [7, 11) is 0. The third kappa shape index (κ3) is 2.71. The zero-order valence-electron chi connectivity index (χ0n) is 7.87. The van der Waals surface area contributed by atoms with Crippen LogP contribution in [0.25, 0.3) is 10.8 Å². The van der Waals surface area contributed by atoms with Crippen LogP contribution < -0.4 is 10.5 Å². The van der Waals surface area contributed by atoms with Gasteiger partial charge in [-0.05, 0) is 17.5 Å². The maximum absolute atomic E-state index is 12.8. The second-order valence-electron chi connectivity index (χ2n) is 2.60. The van der Waals surface area contributed by atoms with E-state index in [4.69, 9.17) is 0 Å². The zero-order valence-corrected chi connectivity index (χ0v) is 10.9. The van der Waals surface area contributed by atoms with E-state index < -0.39 is 11.4 Å². The Morgan fingerprint density at radius 1 is 1.27 bits per heavy atom. The zero-order chi connectivity index (χ0) is 9.42. The van der Waals surface area contributed by atoms with E-state index in [0.29, 0.717) is 15.2 Å². The number of hydrogen-bond acceptors (Lipinski definition) is 1. The van der Waals surface area contributed by atoms with Crippen LogP contribution >= 0.6 is 15.9 Å². The Morgan fingerprint density at radius 2 is 1.93 bits per heavy atom. The third-order valence-corrected chi connectivity index (χ3v) is 2.40. The Kier molecular flexibility index (Phi) is 5.28. The summed E-state index contributed by atoms with van der Waals surface area (Å²) in [6.45, 7) is 0. The van der Waals surface area contributed by atoms with Crippen molar-refractivity contribution < 1.29 is 22.9 Å². The first-order valence-electron chi connectivity index (χ1n) is 3.59. The summed E-state index contributed by atoms with van der Waals surface area (Å²) >= 11 is 3.23. The topological polar surface area (TPSA) is 31.2 Å². The summed E-state index contributed by atoms with van der Waals surface area (Å²) < 4.78 is 13.5. The number of fused-ring (bicyclic) bond motifs is 1. The van der Waals surface area contributed by atoms with Gasteiger partial charge < -0.3 is 17.2 Å². The van der Waals surface area contributed by atoms with Crippen molar-refractivity contribution in [1.82, 2.24) is 4.98 Å². The molecule has 2 rings (SSSR count). The molecule has 0 aliphatic carbocycles. The van der Waals surface area contributed by atoms with Gasteiger partial charge in [0.15, 0.2) is 0 Å². The van der Waals surface area contributed by atoms with Crippen LogP contribution in [0.4, 0.5) is 4.39 Å². The first-order valence-corrected chi connectivity index (χ1v) is 4.38. The van der Waals surface area contributed by atoms with E-state index in [1.165, 1.54) is 18.3 Å². The predicted octanol–water partition coefficient (Wildman–Crippen LogP) is 2.51. The molecule has 77 valence electrons. The van der Waals surface area contributed by atoms with Gasteiger partial charge in [-0.25, -0.2) is 4.39 Å². The van der Waals surface area contributed by atoms with Crippen LogP contribution in [0.15, 0.2) is 33.7 Å².